The Bertz CT molecular complexity index is 781. The molecular formula is C22H36O8. The third kappa shape index (κ3) is 6.30. The van der Waals surface area contributed by atoms with Crippen LogP contribution in [0.1, 0.15) is 56.9 Å². The molecule has 3 unspecified atom stereocenters. The first-order valence-corrected chi connectivity index (χ1v) is 9.56. The van der Waals surface area contributed by atoms with Crippen molar-refractivity contribution >= 4 is 23.4 Å². The quantitative estimate of drug-likeness (QED) is 0.471. The molecule has 3 atom stereocenters. The normalized spacial score (nSPS) is 17.0. The number of ketones is 3. The zero-order valence-electron chi connectivity index (χ0n) is 17.2. The van der Waals surface area contributed by atoms with Gasteiger partial charge in [-0.05, 0) is 55.2 Å². The summed E-state index contributed by atoms with van der Waals surface area (Å²) in [6.45, 7) is 4.55. The number of Topliss-reactive ketones (excluding diaryl/α,β-unsaturated/α-hetero) is 3. The highest BCUT2D eigenvalue weighted by Gasteiger charge is 2.34. The molecule has 0 radical (unpaired) electrons. The van der Waals surface area contributed by atoms with Crippen molar-refractivity contribution in [3.05, 3.63) is 35.4 Å². The first-order chi connectivity index (χ1) is 13.3. The van der Waals surface area contributed by atoms with Crippen molar-refractivity contribution < 1.29 is 43.5 Å². The molecule has 0 amide bonds. The number of aliphatic hydroxyl groups excluding tert-OH is 2. The summed E-state index contributed by atoms with van der Waals surface area (Å²) in [4.78, 5) is 36.3. The highest BCUT2D eigenvalue weighted by molar-refractivity contribution is 6.02. The van der Waals surface area contributed by atoms with Gasteiger partial charge >= 0.3 is 0 Å². The van der Waals surface area contributed by atoms with E-state index in [1.54, 1.807) is 12.1 Å². The molecule has 8 nitrogen and oxygen atoms in total. The minimum absolute atomic E-state index is 0. The number of carbonyl (C=O) groups excluding carboxylic acids is 3. The molecule has 172 valence electrons. The predicted molar refractivity (Wildman–Crippen MR) is 116 cm³/mol. The van der Waals surface area contributed by atoms with E-state index in [2.05, 4.69) is 6.58 Å². The highest BCUT2D eigenvalue weighted by Crippen LogP contribution is 2.38. The average molecular weight is 429 g/mol. The van der Waals surface area contributed by atoms with Crippen LogP contribution in [-0.2, 0) is 16.0 Å². The van der Waals surface area contributed by atoms with Gasteiger partial charge in [-0.15, -0.1) is 0 Å². The van der Waals surface area contributed by atoms with Crippen LogP contribution in [-0.4, -0.2) is 56.8 Å². The van der Waals surface area contributed by atoms with Crippen molar-refractivity contribution in [2.45, 2.75) is 39.0 Å². The molecule has 1 aromatic carbocycles. The maximum Gasteiger partial charge on any atom is 0.167 e. The molecule has 0 fully saturated rings. The Morgan fingerprint density at radius 2 is 1.93 bits per heavy atom. The van der Waals surface area contributed by atoms with Gasteiger partial charge in [-0.3, -0.25) is 14.4 Å². The van der Waals surface area contributed by atoms with Gasteiger partial charge in [0.25, 0.3) is 0 Å². The van der Waals surface area contributed by atoms with E-state index in [0.29, 0.717) is 24.8 Å². The van der Waals surface area contributed by atoms with Crippen molar-refractivity contribution in [3.63, 3.8) is 0 Å². The molecule has 0 bridgehead atoms. The number of fused-ring (bicyclic) bond motifs is 1. The summed E-state index contributed by atoms with van der Waals surface area (Å²) in [5.74, 6) is -1.95. The lowest BCUT2D eigenvalue weighted by Crippen LogP contribution is -2.32. The number of aliphatic hydroxyl groups is 2. The second-order valence-electron chi connectivity index (χ2n) is 7.57. The molecular weight excluding hydrogens is 392 g/mol. The first-order valence-electron chi connectivity index (χ1n) is 9.56. The molecule has 1 aromatic rings. The second kappa shape index (κ2) is 12.3. The van der Waals surface area contributed by atoms with E-state index in [0.717, 1.165) is 11.1 Å². The van der Waals surface area contributed by atoms with Gasteiger partial charge in [-0.2, -0.15) is 0 Å². The zero-order chi connectivity index (χ0) is 20.8. The van der Waals surface area contributed by atoms with Crippen molar-refractivity contribution in [3.8, 4) is 5.75 Å². The van der Waals surface area contributed by atoms with Crippen LogP contribution in [0.5, 0.6) is 5.75 Å². The Kier molecular flexibility index (Phi) is 11.4. The lowest BCUT2D eigenvalue weighted by molar-refractivity contribution is -0.131. The molecule has 0 aromatic heterocycles. The van der Waals surface area contributed by atoms with E-state index in [4.69, 9.17) is 0 Å². The number of carbonyl (C=O) groups is 3. The fourth-order valence-electron chi connectivity index (χ4n) is 4.23. The Labute approximate surface area is 178 Å². The van der Waals surface area contributed by atoms with Crippen LogP contribution in [0.25, 0.3) is 6.08 Å². The van der Waals surface area contributed by atoms with Crippen molar-refractivity contribution in [2.75, 3.05) is 13.2 Å². The number of hydrogen-bond acceptors (Lipinski definition) is 6. The maximum absolute atomic E-state index is 12.6. The molecule has 30 heavy (non-hydrogen) atoms. The third-order valence-electron chi connectivity index (χ3n) is 5.53. The number of hydrogen-bond donors (Lipinski definition) is 3. The van der Waals surface area contributed by atoms with Gasteiger partial charge in [-0.1, -0.05) is 18.7 Å². The van der Waals surface area contributed by atoms with E-state index < -0.39 is 12.5 Å². The van der Waals surface area contributed by atoms with E-state index in [-0.39, 0.29) is 68.2 Å². The zero-order valence-corrected chi connectivity index (χ0v) is 17.2. The van der Waals surface area contributed by atoms with Gasteiger partial charge in [0.2, 0.25) is 0 Å². The number of rotatable bonds is 10. The van der Waals surface area contributed by atoms with Crippen LogP contribution < -0.4 is 0 Å². The molecule has 2 rings (SSSR count). The Balaban J connectivity index is -0.00000210. The number of aromatic hydroxyl groups is 1. The van der Waals surface area contributed by atoms with Gasteiger partial charge in [0.05, 0.1) is 18.6 Å². The molecule has 1 aliphatic rings. The smallest absolute Gasteiger partial charge is 0.167 e. The Hall–Kier alpha value is -2.39. The summed E-state index contributed by atoms with van der Waals surface area (Å²) in [6.07, 6.45) is 2.94. The third-order valence-corrected chi connectivity index (χ3v) is 5.53. The molecule has 1 aliphatic carbocycles. The molecule has 0 saturated carbocycles. The predicted octanol–water partition coefficient (Wildman–Crippen LogP) is 1.17. The lowest BCUT2D eigenvalue weighted by atomic mass is 9.73. The highest BCUT2D eigenvalue weighted by atomic mass is 16.3. The first kappa shape index (κ1) is 27.6. The van der Waals surface area contributed by atoms with Gasteiger partial charge in [0.1, 0.15) is 17.3 Å². The topological polar surface area (TPSA) is 175 Å². The second-order valence-corrected chi connectivity index (χ2v) is 7.57. The summed E-state index contributed by atoms with van der Waals surface area (Å²) >= 11 is 0. The Morgan fingerprint density at radius 3 is 2.47 bits per heavy atom. The largest absolute Gasteiger partial charge is 0.507 e. The van der Waals surface area contributed by atoms with E-state index in [1.165, 1.54) is 13.0 Å². The van der Waals surface area contributed by atoms with Gasteiger partial charge in [0.15, 0.2) is 5.78 Å². The van der Waals surface area contributed by atoms with Crippen LogP contribution in [0, 0.1) is 17.8 Å². The van der Waals surface area contributed by atoms with Crippen LogP contribution in [0.15, 0.2) is 18.7 Å². The van der Waals surface area contributed by atoms with Gasteiger partial charge in [-0.25, -0.2) is 0 Å². The van der Waals surface area contributed by atoms with Gasteiger partial charge in [0, 0.05) is 21.8 Å². The van der Waals surface area contributed by atoms with Crippen molar-refractivity contribution in [2.24, 2.45) is 17.8 Å². The van der Waals surface area contributed by atoms with Crippen LogP contribution >= 0.6 is 0 Å². The summed E-state index contributed by atoms with van der Waals surface area (Å²) in [5, 5.41) is 29.3. The minimum Gasteiger partial charge on any atom is -0.507 e. The number of benzene rings is 1. The molecule has 8 heteroatoms. The monoisotopic (exact) mass is 428 g/mol. The lowest BCUT2D eigenvalue weighted by Gasteiger charge is -2.31. The van der Waals surface area contributed by atoms with Crippen molar-refractivity contribution in [1.82, 2.24) is 0 Å². The standard InChI is InChI=1S/C22H28O6.2H2O.2H2/c1-3-15-4-5-19(26)22-17(15)10-14(11-21(22)28)9-16(6-7-23)18(12-24)20(27)8-13(2)25;;;;/h3-5,14,16,18,23-24,26H,1,6-12H2,2H3;2*1H2;2*1H. The van der Waals surface area contributed by atoms with Gasteiger partial charge < -0.3 is 26.3 Å². The molecule has 0 heterocycles. The molecule has 0 spiro atoms. The maximum atomic E-state index is 12.6. The van der Waals surface area contributed by atoms with E-state index in [1.807, 2.05) is 0 Å². The van der Waals surface area contributed by atoms with Crippen LogP contribution in [0.3, 0.4) is 0 Å². The summed E-state index contributed by atoms with van der Waals surface area (Å²) in [5.41, 5.74) is 1.87. The van der Waals surface area contributed by atoms with Crippen molar-refractivity contribution in [1.29, 1.82) is 0 Å². The minimum atomic E-state index is -0.740. The fourth-order valence-corrected chi connectivity index (χ4v) is 4.23. The number of phenolic OH excluding ortho intramolecular Hbond substituents is 1. The molecule has 0 aliphatic heterocycles. The summed E-state index contributed by atoms with van der Waals surface area (Å²) in [6, 6.07) is 3.21. The summed E-state index contributed by atoms with van der Waals surface area (Å²) < 4.78 is 0. The number of phenols is 1. The fraction of sp³-hybridized carbons (Fsp3) is 0.500. The Morgan fingerprint density at radius 1 is 1.27 bits per heavy atom. The van der Waals surface area contributed by atoms with E-state index in [9.17, 15) is 29.7 Å². The van der Waals surface area contributed by atoms with E-state index >= 15 is 0 Å². The average Bonchev–Trinajstić information content (AvgIpc) is 2.61. The van der Waals surface area contributed by atoms with Crippen LogP contribution in [0.4, 0.5) is 0 Å². The molecule has 7 N–H and O–H groups in total. The summed E-state index contributed by atoms with van der Waals surface area (Å²) in [7, 11) is 0. The van der Waals surface area contributed by atoms with Crippen LogP contribution in [0.2, 0.25) is 0 Å². The SMILES string of the molecule is C=Cc1ccc(O)c2c1CC(CC(CCO)C(CO)C(=O)CC(C)=O)CC2=O.O.O.[HH].[HH]. The molecule has 0 saturated heterocycles.